The van der Waals surface area contributed by atoms with Crippen molar-refractivity contribution in [2.45, 2.75) is 51.2 Å². The Bertz CT molecular complexity index is 1790. The van der Waals surface area contributed by atoms with Gasteiger partial charge in [0.25, 0.3) is 5.79 Å². The number of para-hydroxylation sites is 1. The van der Waals surface area contributed by atoms with Gasteiger partial charge >= 0.3 is 5.97 Å². The van der Waals surface area contributed by atoms with Gasteiger partial charge in [-0.1, -0.05) is 29.8 Å². The Balaban J connectivity index is 1.15. The number of aromatic nitrogens is 3. The smallest absolute Gasteiger partial charge is 0.354 e. The van der Waals surface area contributed by atoms with E-state index in [1.807, 2.05) is 22.8 Å². The number of imidazole rings is 1. The van der Waals surface area contributed by atoms with Crippen molar-refractivity contribution in [3.8, 4) is 11.5 Å². The van der Waals surface area contributed by atoms with E-state index in [0.717, 1.165) is 43.0 Å². The van der Waals surface area contributed by atoms with E-state index in [-0.39, 0.29) is 23.4 Å². The zero-order chi connectivity index (χ0) is 29.9. The normalized spacial score (nSPS) is 22.3. The number of fused-ring (bicyclic) bond motifs is 2. The summed E-state index contributed by atoms with van der Waals surface area (Å²) < 4.78 is 35.0. The molecule has 3 atom stereocenters. The number of ether oxygens (including phenoxy) is 3. The summed E-state index contributed by atoms with van der Waals surface area (Å²) in [6.45, 7) is 6.54. The third-order valence-corrected chi connectivity index (χ3v) is 8.76. The summed E-state index contributed by atoms with van der Waals surface area (Å²) in [5.41, 5.74) is 3.53. The summed E-state index contributed by atoms with van der Waals surface area (Å²) in [4.78, 5) is 23.3. The Kier molecular flexibility index (Phi) is 6.87. The molecule has 1 saturated heterocycles. The summed E-state index contributed by atoms with van der Waals surface area (Å²) in [5.74, 6) is -0.898. The van der Waals surface area contributed by atoms with Gasteiger partial charge in [-0.15, -0.1) is 0 Å². The number of rotatable bonds is 7. The van der Waals surface area contributed by atoms with E-state index < -0.39 is 17.6 Å². The van der Waals surface area contributed by atoms with Crippen molar-refractivity contribution in [2.75, 3.05) is 19.7 Å². The lowest BCUT2D eigenvalue weighted by Gasteiger charge is -2.33. The summed E-state index contributed by atoms with van der Waals surface area (Å²) in [5, 5.41) is 9.82. The van der Waals surface area contributed by atoms with E-state index >= 15 is 0 Å². The third kappa shape index (κ3) is 4.93. The van der Waals surface area contributed by atoms with Crippen LogP contribution in [0.15, 0.2) is 54.6 Å². The third-order valence-electron chi connectivity index (χ3n) is 8.53. The molecular formula is C32H30ClFN4O5. The Morgan fingerprint density at radius 2 is 2.05 bits per heavy atom. The van der Waals surface area contributed by atoms with Crippen molar-refractivity contribution >= 4 is 34.3 Å². The molecule has 11 heteroatoms. The van der Waals surface area contributed by atoms with Crippen LogP contribution < -0.4 is 9.47 Å². The van der Waals surface area contributed by atoms with Crippen LogP contribution in [0.3, 0.4) is 0 Å². The lowest BCUT2D eigenvalue weighted by molar-refractivity contribution is -0.0708. The Hall–Kier alpha value is -3.99. The van der Waals surface area contributed by atoms with E-state index in [9.17, 15) is 14.3 Å². The molecule has 5 heterocycles. The Morgan fingerprint density at radius 3 is 2.74 bits per heavy atom. The van der Waals surface area contributed by atoms with Crippen molar-refractivity contribution in [2.24, 2.45) is 0 Å². The molecule has 3 aliphatic rings. The predicted octanol–water partition coefficient (Wildman–Crippen LogP) is 6.21. The van der Waals surface area contributed by atoms with Gasteiger partial charge in [-0.2, -0.15) is 0 Å². The first-order valence-corrected chi connectivity index (χ1v) is 14.7. The van der Waals surface area contributed by atoms with Crippen LogP contribution in [0.4, 0.5) is 4.39 Å². The van der Waals surface area contributed by atoms with Crippen LogP contribution in [0.2, 0.25) is 5.02 Å². The van der Waals surface area contributed by atoms with Crippen molar-refractivity contribution in [1.29, 1.82) is 0 Å². The van der Waals surface area contributed by atoms with Crippen molar-refractivity contribution in [3.63, 3.8) is 0 Å². The van der Waals surface area contributed by atoms with Gasteiger partial charge in [0.1, 0.15) is 17.2 Å². The monoisotopic (exact) mass is 604 g/mol. The number of benzene rings is 2. The fraction of sp³-hybridized carbons (Fsp3) is 0.344. The van der Waals surface area contributed by atoms with Gasteiger partial charge in [-0.3, -0.25) is 4.90 Å². The minimum Gasteiger partial charge on any atom is -0.477 e. The van der Waals surface area contributed by atoms with Crippen LogP contribution in [0.1, 0.15) is 60.2 Å². The van der Waals surface area contributed by atoms with Gasteiger partial charge in [0.2, 0.25) is 0 Å². The van der Waals surface area contributed by atoms with E-state index in [4.69, 9.17) is 30.8 Å². The summed E-state index contributed by atoms with van der Waals surface area (Å²) in [6, 6.07) is 13.4. The molecule has 0 bridgehead atoms. The molecule has 1 N–H and O–H groups in total. The van der Waals surface area contributed by atoms with Crippen LogP contribution in [0.25, 0.3) is 16.7 Å². The van der Waals surface area contributed by atoms with Gasteiger partial charge in [-0.05, 0) is 61.7 Å². The van der Waals surface area contributed by atoms with Crippen LogP contribution in [0.5, 0.6) is 11.5 Å². The second-order valence-corrected chi connectivity index (χ2v) is 11.7. The predicted molar refractivity (Wildman–Crippen MR) is 158 cm³/mol. The van der Waals surface area contributed by atoms with Crippen LogP contribution in [0, 0.1) is 5.82 Å². The first kappa shape index (κ1) is 27.8. The van der Waals surface area contributed by atoms with Crippen LogP contribution >= 0.6 is 11.6 Å². The van der Waals surface area contributed by atoms with Crippen molar-refractivity contribution in [1.82, 2.24) is 19.4 Å². The van der Waals surface area contributed by atoms with Gasteiger partial charge in [0.15, 0.2) is 22.8 Å². The second-order valence-electron chi connectivity index (χ2n) is 11.3. The van der Waals surface area contributed by atoms with E-state index in [1.54, 1.807) is 25.1 Å². The fourth-order valence-electron chi connectivity index (χ4n) is 6.06. The van der Waals surface area contributed by atoms with Gasteiger partial charge in [0, 0.05) is 37.2 Å². The second kappa shape index (κ2) is 10.6. The minimum absolute atomic E-state index is 0.00980. The molecule has 1 fully saturated rings. The highest BCUT2D eigenvalue weighted by Crippen LogP contribution is 2.49. The summed E-state index contributed by atoms with van der Waals surface area (Å²) >= 11 is 5.97. The Labute approximate surface area is 252 Å². The van der Waals surface area contributed by atoms with E-state index in [2.05, 4.69) is 22.9 Å². The molecule has 43 heavy (non-hydrogen) atoms. The van der Waals surface area contributed by atoms with E-state index in [1.165, 1.54) is 12.1 Å². The minimum atomic E-state index is -1.32. The van der Waals surface area contributed by atoms with E-state index in [0.29, 0.717) is 40.8 Å². The fourth-order valence-corrected chi connectivity index (χ4v) is 6.22. The number of pyridine rings is 1. The topological polar surface area (TPSA) is 98.9 Å². The van der Waals surface area contributed by atoms with Gasteiger partial charge in [-0.25, -0.2) is 19.2 Å². The van der Waals surface area contributed by atoms with Crippen molar-refractivity contribution < 1.29 is 28.5 Å². The molecule has 0 radical (unpaired) electrons. The number of carboxylic acids is 1. The van der Waals surface area contributed by atoms with Crippen LogP contribution in [-0.2, 0) is 17.1 Å². The van der Waals surface area contributed by atoms with Gasteiger partial charge in [0.05, 0.1) is 24.3 Å². The molecule has 7 rings (SSSR count). The SMILES string of the molecule is CC(c1nc2ccc(C(=O)O)nc2n1C[C@@H]1CCO1)N1CC=C(c2cccc3c2O[C@](C)(c2ccc(Cl)cc2F)O3)CC1. The number of hydrogen-bond acceptors (Lipinski definition) is 7. The number of aromatic carboxylic acids is 1. The number of carbonyl (C=O) groups is 1. The highest BCUT2D eigenvalue weighted by Gasteiger charge is 2.42. The quantitative estimate of drug-likeness (QED) is 0.266. The molecule has 3 aliphatic heterocycles. The molecule has 0 spiro atoms. The average molecular weight is 605 g/mol. The average Bonchev–Trinajstić information content (AvgIpc) is 3.51. The number of nitrogens with zero attached hydrogens (tertiary/aromatic N) is 4. The molecule has 2 aromatic carbocycles. The molecule has 9 nitrogen and oxygen atoms in total. The Morgan fingerprint density at radius 1 is 1.21 bits per heavy atom. The van der Waals surface area contributed by atoms with Crippen LogP contribution in [-0.4, -0.2) is 56.3 Å². The number of hydrogen-bond donors (Lipinski definition) is 1. The molecule has 4 aromatic rings. The number of carboxylic acid groups (broad SMARTS) is 1. The molecule has 222 valence electrons. The first-order chi connectivity index (χ1) is 20.7. The molecule has 2 aromatic heterocycles. The lowest BCUT2D eigenvalue weighted by Crippen LogP contribution is -2.35. The highest BCUT2D eigenvalue weighted by molar-refractivity contribution is 6.30. The summed E-state index contributed by atoms with van der Waals surface area (Å²) in [7, 11) is 0. The molecule has 1 unspecified atom stereocenters. The molecular weight excluding hydrogens is 575 g/mol. The van der Waals surface area contributed by atoms with Crippen molar-refractivity contribution in [3.05, 3.63) is 88.1 Å². The zero-order valence-electron chi connectivity index (χ0n) is 23.7. The largest absolute Gasteiger partial charge is 0.477 e. The lowest BCUT2D eigenvalue weighted by atomic mass is 9.97. The maximum atomic E-state index is 14.8. The molecule has 0 aliphatic carbocycles. The number of halogens is 2. The standard InChI is InChI=1S/C32H30ClFN4O5/c1-18(29-35-25-8-9-26(31(39)40)36-30(25)38(29)17-21-12-15-41-21)37-13-10-19(11-14-37)22-4-3-5-27-28(22)43-32(2,42-27)23-7-6-20(33)16-24(23)34/h3-10,16,18,21H,11-15,17H2,1-2H3,(H,39,40)/t18?,21-,32+/m0/s1. The highest BCUT2D eigenvalue weighted by atomic mass is 35.5. The molecule has 0 saturated carbocycles. The maximum absolute atomic E-state index is 14.8. The van der Waals surface area contributed by atoms with Gasteiger partial charge < -0.3 is 23.9 Å². The maximum Gasteiger partial charge on any atom is 0.354 e. The first-order valence-electron chi connectivity index (χ1n) is 14.3. The summed E-state index contributed by atoms with van der Waals surface area (Å²) in [6.07, 6.45) is 3.93. The zero-order valence-corrected chi connectivity index (χ0v) is 24.5. The molecule has 0 amide bonds.